The summed E-state index contributed by atoms with van der Waals surface area (Å²) in [7, 11) is 3.62. The number of ether oxygens (including phenoxy) is 2. The third kappa shape index (κ3) is 6.08. The highest BCUT2D eigenvalue weighted by Crippen LogP contribution is 2.16. The van der Waals surface area contributed by atoms with E-state index in [4.69, 9.17) is 9.47 Å². The predicted molar refractivity (Wildman–Crippen MR) is 113 cm³/mol. The Labute approximate surface area is 168 Å². The van der Waals surface area contributed by atoms with Crippen molar-refractivity contribution in [2.75, 3.05) is 33.9 Å². The van der Waals surface area contributed by atoms with Gasteiger partial charge < -0.3 is 19.7 Å². The minimum atomic E-state index is 0.591. The van der Waals surface area contributed by atoms with Gasteiger partial charge in [0, 0.05) is 39.7 Å². The molecule has 28 heavy (non-hydrogen) atoms. The lowest BCUT2D eigenvalue weighted by Gasteiger charge is -2.22. The lowest BCUT2D eigenvalue weighted by molar-refractivity contribution is 0.107. The molecule has 1 atom stereocenters. The van der Waals surface area contributed by atoms with Gasteiger partial charge in [-0.15, -0.1) is 0 Å². The molecule has 2 aromatic carbocycles. The minimum absolute atomic E-state index is 0.591. The summed E-state index contributed by atoms with van der Waals surface area (Å²) in [6.07, 6.45) is 1.16. The lowest BCUT2D eigenvalue weighted by Crippen LogP contribution is -2.39. The van der Waals surface area contributed by atoms with Crippen LogP contribution >= 0.6 is 0 Å². The Morgan fingerprint density at radius 3 is 2.61 bits per heavy atom. The maximum Gasteiger partial charge on any atom is 0.193 e. The average molecular weight is 382 g/mol. The molecule has 2 aromatic rings. The Kier molecular flexibility index (Phi) is 7.88. The van der Waals surface area contributed by atoms with Crippen molar-refractivity contribution in [1.29, 1.82) is 0 Å². The van der Waals surface area contributed by atoms with Gasteiger partial charge in [0.15, 0.2) is 5.96 Å². The van der Waals surface area contributed by atoms with E-state index < -0.39 is 0 Å². The topological polar surface area (TPSA) is 46.1 Å². The Bertz CT molecular complexity index is 749. The molecule has 150 valence electrons. The highest BCUT2D eigenvalue weighted by Gasteiger charge is 2.24. The zero-order valence-electron chi connectivity index (χ0n) is 16.9. The maximum absolute atomic E-state index is 5.86. The van der Waals surface area contributed by atoms with Crippen LogP contribution in [0, 0.1) is 5.92 Å². The van der Waals surface area contributed by atoms with Crippen LogP contribution in [0.25, 0.3) is 0 Å². The zero-order valence-corrected chi connectivity index (χ0v) is 16.9. The smallest absolute Gasteiger partial charge is 0.193 e. The fourth-order valence-electron chi connectivity index (χ4n) is 3.60. The van der Waals surface area contributed by atoms with E-state index >= 15 is 0 Å². The molecule has 5 nitrogen and oxygen atoms in total. The van der Waals surface area contributed by atoms with E-state index in [0.29, 0.717) is 19.1 Å². The van der Waals surface area contributed by atoms with E-state index in [9.17, 15) is 0 Å². The Morgan fingerprint density at radius 2 is 1.82 bits per heavy atom. The molecular formula is C23H31N3O2. The first-order valence-electron chi connectivity index (χ1n) is 9.92. The van der Waals surface area contributed by atoms with Crippen molar-refractivity contribution in [3.63, 3.8) is 0 Å². The largest absolute Gasteiger partial charge is 0.384 e. The highest BCUT2D eigenvalue weighted by molar-refractivity contribution is 5.80. The molecule has 5 heteroatoms. The van der Waals surface area contributed by atoms with E-state index in [1.807, 2.05) is 25.2 Å². The molecule has 0 amide bonds. The second kappa shape index (κ2) is 10.8. The quantitative estimate of drug-likeness (QED) is 0.562. The average Bonchev–Trinajstić information content (AvgIpc) is 3.18. The Balaban J connectivity index is 1.47. The molecule has 1 heterocycles. The van der Waals surface area contributed by atoms with Crippen LogP contribution in [-0.2, 0) is 29.2 Å². The van der Waals surface area contributed by atoms with Gasteiger partial charge in [0.1, 0.15) is 0 Å². The van der Waals surface area contributed by atoms with Crippen molar-refractivity contribution in [3.05, 3.63) is 71.3 Å². The van der Waals surface area contributed by atoms with Crippen molar-refractivity contribution >= 4 is 5.96 Å². The number of benzene rings is 2. The van der Waals surface area contributed by atoms with Crippen LogP contribution in [0.15, 0.2) is 59.6 Å². The third-order valence-corrected chi connectivity index (χ3v) is 5.02. The summed E-state index contributed by atoms with van der Waals surface area (Å²) in [5.41, 5.74) is 3.61. The predicted octanol–water partition coefficient (Wildman–Crippen LogP) is 3.45. The van der Waals surface area contributed by atoms with Gasteiger partial charge in [-0.2, -0.15) is 0 Å². The number of guanidine groups is 1. The monoisotopic (exact) mass is 381 g/mol. The number of nitrogens with one attached hydrogen (secondary N) is 1. The molecule has 0 bridgehead atoms. The normalized spacial score (nSPS) is 17.1. The van der Waals surface area contributed by atoms with Crippen molar-refractivity contribution in [1.82, 2.24) is 10.2 Å². The number of aliphatic imine (C=N–C) groups is 1. The summed E-state index contributed by atoms with van der Waals surface area (Å²) >= 11 is 0. The van der Waals surface area contributed by atoms with E-state index in [-0.39, 0.29) is 0 Å². The van der Waals surface area contributed by atoms with Gasteiger partial charge in [0.25, 0.3) is 0 Å². The highest BCUT2D eigenvalue weighted by atomic mass is 16.5. The molecule has 1 saturated heterocycles. The molecule has 0 spiro atoms. The number of hydrogen-bond acceptors (Lipinski definition) is 3. The molecule has 0 aliphatic carbocycles. The van der Waals surface area contributed by atoms with Crippen LogP contribution in [0.1, 0.15) is 23.1 Å². The number of rotatable bonds is 8. The van der Waals surface area contributed by atoms with Crippen LogP contribution in [0.3, 0.4) is 0 Å². The fourth-order valence-corrected chi connectivity index (χ4v) is 3.60. The molecule has 0 saturated carbocycles. The standard InChI is InChI=1S/C23H31N3O2/c1-24-23(26-12-11-22(15-26)16-27-2)25-14-20-9-6-10-21(13-20)18-28-17-19-7-4-3-5-8-19/h3-10,13,22H,11-12,14-18H2,1-2H3,(H,24,25). The van der Waals surface area contributed by atoms with Crippen molar-refractivity contribution in [3.8, 4) is 0 Å². The lowest BCUT2D eigenvalue weighted by atomic mass is 10.1. The van der Waals surface area contributed by atoms with E-state index in [1.54, 1.807) is 7.11 Å². The Morgan fingerprint density at radius 1 is 1.07 bits per heavy atom. The number of methoxy groups -OCH3 is 1. The van der Waals surface area contributed by atoms with Crippen LogP contribution in [0.4, 0.5) is 0 Å². The summed E-state index contributed by atoms with van der Waals surface area (Å²) in [4.78, 5) is 6.77. The molecule has 1 unspecified atom stereocenters. The second-order valence-corrected chi connectivity index (χ2v) is 7.26. The third-order valence-electron chi connectivity index (χ3n) is 5.02. The van der Waals surface area contributed by atoms with Crippen LogP contribution in [-0.4, -0.2) is 44.7 Å². The molecule has 0 radical (unpaired) electrons. The summed E-state index contributed by atoms with van der Waals surface area (Å²) < 4.78 is 11.2. The van der Waals surface area contributed by atoms with Gasteiger partial charge in [-0.1, -0.05) is 54.6 Å². The number of likely N-dealkylation sites (tertiary alicyclic amines) is 1. The summed E-state index contributed by atoms with van der Waals surface area (Å²) in [5.74, 6) is 1.55. The first-order valence-corrected chi connectivity index (χ1v) is 9.92. The van der Waals surface area contributed by atoms with Gasteiger partial charge >= 0.3 is 0 Å². The number of hydrogen-bond donors (Lipinski definition) is 1. The fraction of sp³-hybridized carbons (Fsp3) is 0.435. The molecule has 1 N–H and O–H groups in total. The number of nitrogens with zero attached hydrogens (tertiary/aromatic N) is 2. The molecule has 1 aliphatic heterocycles. The first-order chi connectivity index (χ1) is 13.8. The SMILES string of the molecule is CN=C(NCc1cccc(COCc2ccccc2)c1)N1CCC(COC)C1. The van der Waals surface area contributed by atoms with Crippen molar-refractivity contribution in [2.45, 2.75) is 26.2 Å². The second-order valence-electron chi connectivity index (χ2n) is 7.26. The zero-order chi connectivity index (χ0) is 19.6. The Hall–Kier alpha value is -2.37. The van der Waals surface area contributed by atoms with Crippen LogP contribution in [0.5, 0.6) is 0 Å². The molecular weight excluding hydrogens is 350 g/mol. The van der Waals surface area contributed by atoms with E-state index in [1.165, 1.54) is 16.7 Å². The van der Waals surface area contributed by atoms with Gasteiger partial charge in [0.05, 0.1) is 19.8 Å². The minimum Gasteiger partial charge on any atom is -0.384 e. The molecule has 0 aromatic heterocycles. The maximum atomic E-state index is 5.86. The van der Waals surface area contributed by atoms with Gasteiger partial charge in [-0.05, 0) is 23.1 Å². The summed E-state index contributed by atoms with van der Waals surface area (Å²) in [6, 6.07) is 18.8. The van der Waals surface area contributed by atoms with E-state index in [2.05, 4.69) is 51.6 Å². The van der Waals surface area contributed by atoms with E-state index in [0.717, 1.165) is 38.6 Å². The molecule has 3 rings (SSSR count). The van der Waals surface area contributed by atoms with Gasteiger partial charge in [0.2, 0.25) is 0 Å². The van der Waals surface area contributed by atoms with Crippen LogP contribution in [0.2, 0.25) is 0 Å². The van der Waals surface area contributed by atoms with Crippen molar-refractivity contribution < 1.29 is 9.47 Å². The molecule has 1 fully saturated rings. The molecule has 1 aliphatic rings. The first kappa shape index (κ1) is 20.4. The summed E-state index contributed by atoms with van der Waals surface area (Å²) in [6.45, 7) is 4.85. The van der Waals surface area contributed by atoms with Gasteiger partial charge in [-0.3, -0.25) is 4.99 Å². The summed E-state index contributed by atoms with van der Waals surface area (Å²) in [5, 5.41) is 3.49. The van der Waals surface area contributed by atoms with Crippen molar-refractivity contribution in [2.24, 2.45) is 10.9 Å². The van der Waals surface area contributed by atoms with Gasteiger partial charge in [-0.25, -0.2) is 0 Å². The van der Waals surface area contributed by atoms with Crippen LogP contribution < -0.4 is 5.32 Å².